The van der Waals surface area contributed by atoms with Crippen molar-refractivity contribution in [2.24, 2.45) is 4.99 Å². The third-order valence-corrected chi connectivity index (χ3v) is 2.70. The molecule has 0 spiro atoms. The SMILES string of the molecule is Fc1ccccc1C1=NCCS1. The summed E-state index contributed by atoms with van der Waals surface area (Å²) in [5.74, 6) is 0.801. The van der Waals surface area contributed by atoms with Gasteiger partial charge in [0.05, 0.1) is 0 Å². The highest BCUT2D eigenvalue weighted by Crippen LogP contribution is 2.20. The van der Waals surface area contributed by atoms with Crippen LogP contribution >= 0.6 is 11.8 Å². The Morgan fingerprint density at radius 2 is 2.17 bits per heavy atom. The lowest BCUT2D eigenvalue weighted by Crippen LogP contribution is -1.95. The fourth-order valence-corrected chi connectivity index (χ4v) is 2.01. The van der Waals surface area contributed by atoms with Crippen molar-refractivity contribution in [1.82, 2.24) is 0 Å². The molecule has 0 atom stereocenters. The lowest BCUT2D eigenvalue weighted by atomic mass is 10.2. The molecule has 1 heterocycles. The molecule has 0 saturated carbocycles. The molecule has 1 aromatic rings. The standard InChI is InChI=1S/C9H8FNS/c10-8-4-2-1-3-7(8)9-11-5-6-12-9/h1-4H,5-6H2. The normalized spacial score (nSPS) is 16.2. The second kappa shape index (κ2) is 3.27. The van der Waals surface area contributed by atoms with Gasteiger partial charge in [0.25, 0.3) is 0 Å². The highest BCUT2D eigenvalue weighted by atomic mass is 32.2. The molecule has 0 amide bonds. The van der Waals surface area contributed by atoms with E-state index in [9.17, 15) is 4.39 Å². The Labute approximate surface area is 74.7 Å². The van der Waals surface area contributed by atoms with E-state index in [4.69, 9.17) is 0 Å². The molecule has 0 aliphatic carbocycles. The van der Waals surface area contributed by atoms with E-state index in [1.165, 1.54) is 6.07 Å². The van der Waals surface area contributed by atoms with Crippen LogP contribution < -0.4 is 0 Å². The molecule has 0 aromatic heterocycles. The minimum atomic E-state index is -0.175. The maximum absolute atomic E-state index is 13.1. The molecule has 0 radical (unpaired) electrons. The molecule has 1 aliphatic rings. The summed E-state index contributed by atoms with van der Waals surface area (Å²) in [6, 6.07) is 6.77. The zero-order valence-electron chi connectivity index (χ0n) is 6.46. The molecule has 0 N–H and O–H groups in total. The van der Waals surface area contributed by atoms with Crippen LogP contribution in [0.3, 0.4) is 0 Å². The van der Waals surface area contributed by atoms with Crippen LogP contribution in [0.4, 0.5) is 4.39 Å². The van der Waals surface area contributed by atoms with Crippen LogP contribution in [0.25, 0.3) is 0 Å². The second-order valence-electron chi connectivity index (χ2n) is 2.52. The molecule has 0 fully saturated rings. The van der Waals surface area contributed by atoms with Crippen molar-refractivity contribution >= 4 is 16.8 Å². The van der Waals surface area contributed by atoms with E-state index < -0.39 is 0 Å². The summed E-state index contributed by atoms with van der Waals surface area (Å²) >= 11 is 1.62. The molecule has 0 bridgehead atoms. The maximum Gasteiger partial charge on any atom is 0.133 e. The molecule has 0 saturated heterocycles. The summed E-state index contributed by atoms with van der Waals surface area (Å²) in [4.78, 5) is 4.21. The first-order valence-electron chi connectivity index (χ1n) is 3.80. The molecule has 12 heavy (non-hydrogen) atoms. The van der Waals surface area contributed by atoms with E-state index in [0.717, 1.165) is 17.3 Å². The minimum Gasteiger partial charge on any atom is -0.277 e. The zero-order valence-corrected chi connectivity index (χ0v) is 7.27. The van der Waals surface area contributed by atoms with Gasteiger partial charge >= 0.3 is 0 Å². The second-order valence-corrected chi connectivity index (χ2v) is 3.60. The van der Waals surface area contributed by atoms with Crippen molar-refractivity contribution in [1.29, 1.82) is 0 Å². The van der Waals surface area contributed by atoms with Crippen molar-refractivity contribution in [3.8, 4) is 0 Å². The summed E-state index contributed by atoms with van der Waals surface area (Å²) in [5.41, 5.74) is 0.639. The minimum absolute atomic E-state index is 0.175. The molecule has 0 unspecified atom stereocenters. The Kier molecular flexibility index (Phi) is 2.13. The number of hydrogen-bond acceptors (Lipinski definition) is 2. The summed E-state index contributed by atoms with van der Waals surface area (Å²) < 4.78 is 13.1. The van der Waals surface area contributed by atoms with Crippen molar-refractivity contribution in [2.45, 2.75) is 0 Å². The van der Waals surface area contributed by atoms with Crippen LogP contribution in [0.5, 0.6) is 0 Å². The lowest BCUT2D eigenvalue weighted by molar-refractivity contribution is 0.626. The van der Waals surface area contributed by atoms with Gasteiger partial charge in [0.2, 0.25) is 0 Å². The molecule has 2 rings (SSSR count). The van der Waals surface area contributed by atoms with Gasteiger partial charge in [-0.25, -0.2) is 4.39 Å². The van der Waals surface area contributed by atoms with E-state index in [2.05, 4.69) is 4.99 Å². The predicted octanol–water partition coefficient (Wildman–Crippen LogP) is 2.32. The highest BCUT2D eigenvalue weighted by molar-refractivity contribution is 8.14. The molecular formula is C9H8FNS. The topological polar surface area (TPSA) is 12.4 Å². The van der Waals surface area contributed by atoms with E-state index in [1.807, 2.05) is 6.07 Å². The van der Waals surface area contributed by atoms with Gasteiger partial charge in [0.15, 0.2) is 0 Å². The molecule has 1 aliphatic heterocycles. The van der Waals surface area contributed by atoms with Crippen LogP contribution in [0.2, 0.25) is 0 Å². The summed E-state index contributed by atoms with van der Waals surface area (Å²) in [6.45, 7) is 0.814. The summed E-state index contributed by atoms with van der Waals surface area (Å²) in [7, 11) is 0. The lowest BCUT2D eigenvalue weighted by Gasteiger charge is -1.99. The van der Waals surface area contributed by atoms with Gasteiger partial charge in [-0.05, 0) is 12.1 Å². The predicted molar refractivity (Wildman–Crippen MR) is 50.3 cm³/mol. The third kappa shape index (κ3) is 1.37. The van der Waals surface area contributed by atoms with E-state index in [-0.39, 0.29) is 5.82 Å². The van der Waals surface area contributed by atoms with Crippen LogP contribution in [0.1, 0.15) is 5.56 Å². The van der Waals surface area contributed by atoms with Crippen molar-refractivity contribution in [3.05, 3.63) is 35.6 Å². The van der Waals surface area contributed by atoms with Gasteiger partial charge in [0.1, 0.15) is 10.9 Å². The Balaban J connectivity index is 2.39. The van der Waals surface area contributed by atoms with Crippen LogP contribution in [-0.4, -0.2) is 17.3 Å². The average Bonchev–Trinajstić information content (AvgIpc) is 2.57. The molecule has 1 nitrogen and oxygen atoms in total. The van der Waals surface area contributed by atoms with Crippen molar-refractivity contribution in [3.63, 3.8) is 0 Å². The smallest absolute Gasteiger partial charge is 0.133 e. The van der Waals surface area contributed by atoms with E-state index in [0.29, 0.717) is 5.56 Å². The van der Waals surface area contributed by atoms with E-state index in [1.54, 1.807) is 23.9 Å². The zero-order chi connectivity index (χ0) is 8.39. The van der Waals surface area contributed by atoms with Crippen molar-refractivity contribution < 1.29 is 4.39 Å². The summed E-state index contributed by atoms with van der Waals surface area (Å²) in [5, 5.41) is 0.841. The Morgan fingerprint density at radius 3 is 2.83 bits per heavy atom. The van der Waals surface area contributed by atoms with Gasteiger partial charge in [-0.2, -0.15) is 0 Å². The number of rotatable bonds is 1. The Bertz CT molecular complexity index is 322. The fraction of sp³-hybridized carbons (Fsp3) is 0.222. The molecule has 62 valence electrons. The Hall–Kier alpha value is -0.830. The third-order valence-electron chi connectivity index (χ3n) is 1.69. The largest absolute Gasteiger partial charge is 0.277 e. The van der Waals surface area contributed by atoms with Gasteiger partial charge < -0.3 is 0 Å². The number of aliphatic imine (C=N–C) groups is 1. The average molecular weight is 181 g/mol. The van der Waals surface area contributed by atoms with Crippen LogP contribution in [0.15, 0.2) is 29.3 Å². The number of halogens is 1. The monoisotopic (exact) mass is 181 g/mol. The Morgan fingerprint density at radius 1 is 1.33 bits per heavy atom. The number of benzene rings is 1. The quantitative estimate of drug-likeness (QED) is 0.647. The summed E-state index contributed by atoms with van der Waals surface area (Å²) in [6.07, 6.45) is 0. The molecule has 3 heteroatoms. The first kappa shape index (κ1) is 7.80. The molecular weight excluding hydrogens is 173 g/mol. The van der Waals surface area contributed by atoms with Gasteiger partial charge in [-0.3, -0.25) is 4.99 Å². The first-order chi connectivity index (χ1) is 5.88. The first-order valence-corrected chi connectivity index (χ1v) is 4.78. The van der Waals surface area contributed by atoms with E-state index >= 15 is 0 Å². The highest BCUT2D eigenvalue weighted by Gasteiger charge is 2.12. The number of thioether (sulfide) groups is 1. The fourth-order valence-electron chi connectivity index (χ4n) is 1.13. The van der Waals surface area contributed by atoms with Crippen molar-refractivity contribution in [2.75, 3.05) is 12.3 Å². The van der Waals surface area contributed by atoms with Gasteiger partial charge in [-0.15, -0.1) is 11.8 Å². The molecule has 1 aromatic carbocycles. The van der Waals surface area contributed by atoms with Crippen LogP contribution in [-0.2, 0) is 0 Å². The maximum atomic E-state index is 13.1. The number of hydrogen-bond donors (Lipinski definition) is 0. The van der Waals surface area contributed by atoms with Gasteiger partial charge in [0, 0.05) is 17.9 Å². The number of nitrogens with zero attached hydrogens (tertiary/aromatic N) is 1. The van der Waals surface area contributed by atoms with Crippen LogP contribution in [0, 0.1) is 5.82 Å². The van der Waals surface area contributed by atoms with Gasteiger partial charge in [-0.1, -0.05) is 12.1 Å².